The van der Waals surface area contributed by atoms with Crippen LogP contribution in [0.2, 0.25) is 5.02 Å². The number of ether oxygens (including phenoxy) is 1. The standard InChI is InChI=1S/C24H31BrClFN6O2/c1-24(2,3)35-23(34)33-8-11-6-15(33)19(11)29-21-13-7-14(26)16(25)17(27)20(13)30-22(18(21)28)32-9-12(10-32)31(4)5/h7,11-12,15,19H,6,8-10,28H2,1-5H3,(H,29,30). The number of halogens is 3. The molecular weight excluding hydrogens is 539 g/mol. The molecule has 1 aromatic carbocycles. The molecule has 3 N–H and O–H groups in total. The fraction of sp³-hybridized carbons (Fsp3) is 0.583. The Bertz CT molecular complexity index is 1200. The second kappa shape index (κ2) is 8.52. The Hall–Kier alpha value is -2.04. The third-order valence-corrected chi connectivity index (χ3v) is 8.56. The first-order chi connectivity index (χ1) is 16.4. The Balaban J connectivity index is 1.49. The Morgan fingerprint density at radius 2 is 2.03 bits per heavy atom. The summed E-state index contributed by atoms with van der Waals surface area (Å²) in [5.74, 6) is 0.298. The van der Waals surface area contributed by atoms with Crippen molar-refractivity contribution < 1.29 is 13.9 Å². The lowest BCUT2D eigenvalue weighted by Crippen LogP contribution is -2.58. The molecular formula is C24H31BrClFN6O2. The molecule has 8 nitrogen and oxygen atoms in total. The summed E-state index contributed by atoms with van der Waals surface area (Å²) in [6.45, 7) is 7.71. The number of anilines is 3. The molecule has 2 bridgehead atoms. The third kappa shape index (κ3) is 4.17. The van der Waals surface area contributed by atoms with Crippen molar-refractivity contribution >= 4 is 61.7 Å². The smallest absolute Gasteiger partial charge is 0.410 e. The SMILES string of the molecule is CN(C)C1CN(c2nc3c(F)c(Br)c(Cl)cc3c(NC3C4CC3N(C(=O)OC(C)(C)C)C4)c2N)C1. The number of likely N-dealkylation sites (N-methyl/N-ethyl adjacent to an activating group) is 1. The number of pyridine rings is 1. The maximum Gasteiger partial charge on any atom is 0.410 e. The van der Waals surface area contributed by atoms with Gasteiger partial charge in [-0.1, -0.05) is 11.6 Å². The number of hydrogen-bond donors (Lipinski definition) is 2. The Labute approximate surface area is 218 Å². The predicted octanol–water partition coefficient (Wildman–Crippen LogP) is 4.54. The average molecular weight is 570 g/mol. The summed E-state index contributed by atoms with van der Waals surface area (Å²) >= 11 is 9.56. The molecule has 11 heteroatoms. The summed E-state index contributed by atoms with van der Waals surface area (Å²) in [4.78, 5) is 23.4. The van der Waals surface area contributed by atoms with Crippen molar-refractivity contribution in [3.63, 3.8) is 0 Å². The zero-order valence-electron chi connectivity index (χ0n) is 20.5. The summed E-state index contributed by atoms with van der Waals surface area (Å²) in [7, 11) is 4.07. The second-order valence-corrected chi connectivity index (χ2v) is 12.2. The third-order valence-electron chi connectivity index (χ3n) is 7.26. The minimum Gasteiger partial charge on any atom is -0.444 e. The number of benzene rings is 1. The van der Waals surface area contributed by atoms with Crippen LogP contribution in [0.1, 0.15) is 27.2 Å². The van der Waals surface area contributed by atoms with E-state index in [1.807, 2.05) is 34.9 Å². The number of rotatable bonds is 4. The number of carbonyl (C=O) groups is 1. The van der Waals surface area contributed by atoms with Gasteiger partial charge < -0.3 is 30.5 Å². The summed E-state index contributed by atoms with van der Waals surface area (Å²) in [6.07, 6.45) is 0.583. The van der Waals surface area contributed by atoms with E-state index in [1.165, 1.54) is 0 Å². The van der Waals surface area contributed by atoms with Crippen molar-refractivity contribution in [3.05, 3.63) is 21.4 Å². The van der Waals surface area contributed by atoms with Gasteiger partial charge in [-0.3, -0.25) is 0 Å². The highest BCUT2D eigenvalue weighted by molar-refractivity contribution is 9.10. The fourth-order valence-corrected chi connectivity index (χ4v) is 5.68. The molecule has 4 heterocycles. The Morgan fingerprint density at radius 3 is 2.66 bits per heavy atom. The maximum absolute atomic E-state index is 15.3. The van der Waals surface area contributed by atoms with E-state index in [1.54, 1.807) is 11.0 Å². The highest BCUT2D eigenvalue weighted by Crippen LogP contribution is 2.47. The molecule has 3 atom stereocenters. The van der Waals surface area contributed by atoms with E-state index in [4.69, 9.17) is 22.1 Å². The number of amides is 1. The molecule has 1 amide bonds. The molecule has 1 aromatic heterocycles. The summed E-state index contributed by atoms with van der Waals surface area (Å²) < 4.78 is 21.1. The normalized spacial score (nSPS) is 24.1. The lowest BCUT2D eigenvalue weighted by atomic mass is 9.79. The van der Waals surface area contributed by atoms with Crippen molar-refractivity contribution in [1.82, 2.24) is 14.8 Å². The van der Waals surface area contributed by atoms with E-state index in [2.05, 4.69) is 36.0 Å². The quantitative estimate of drug-likeness (QED) is 0.523. The molecule has 1 aliphatic carbocycles. The molecule has 35 heavy (non-hydrogen) atoms. The molecule has 3 saturated heterocycles. The lowest BCUT2D eigenvalue weighted by Gasteiger charge is -2.44. The van der Waals surface area contributed by atoms with E-state index < -0.39 is 11.4 Å². The molecule has 190 valence electrons. The molecule has 3 aliphatic heterocycles. The van der Waals surface area contributed by atoms with Crippen molar-refractivity contribution in [2.45, 2.75) is 50.9 Å². The average Bonchev–Trinajstić information content (AvgIpc) is 3.30. The van der Waals surface area contributed by atoms with Gasteiger partial charge in [0.05, 0.1) is 33.0 Å². The first kappa shape index (κ1) is 24.6. The van der Waals surface area contributed by atoms with Crippen LogP contribution in [0.25, 0.3) is 10.9 Å². The summed E-state index contributed by atoms with van der Waals surface area (Å²) in [5.41, 5.74) is 7.39. The maximum atomic E-state index is 15.3. The number of aromatic nitrogens is 1. The van der Waals surface area contributed by atoms with E-state index >= 15 is 4.39 Å². The predicted molar refractivity (Wildman–Crippen MR) is 141 cm³/mol. The zero-order chi connectivity index (χ0) is 25.4. The number of fused-ring (bicyclic) bond motifs is 2. The van der Waals surface area contributed by atoms with Crippen LogP contribution in [0.3, 0.4) is 0 Å². The van der Waals surface area contributed by atoms with Crippen LogP contribution in [0, 0.1) is 11.7 Å². The molecule has 3 unspecified atom stereocenters. The van der Waals surface area contributed by atoms with Crippen molar-refractivity contribution in [2.75, 3.05) is 49.7 Å². The van der Waals surface area contributed by atoms with Crippen LogP contribution in [-0.4, -0.2) is 78.3 Å². The second-order valence-electron chi connectivity index (χ2n) is 11.0. The molecule has 1 saturated carbocycles. The first-order valence-electron chi connectivity index (χ1n) is 11.8. The lowest BCUT2D eigenvalue weighted by molar-refractivity contribution is 0.0239. The van der Waals surface area contributed by atoms with E-state index in [9.17, 15) is 4.79 Å². The molecule has 2 aromatic rings. The fourth-order valence-electron chi connectivity index (χ4n) is 5.19. The highest BCUT2D eigenvalue weighted by Gasteiger charge is 2.55. The molecule has 0 spiro atoms. The van der Waals surface area contributed by atoms with Crippen LogP contribution in [0.15, 0.2) is 10.5 Å². The molecule has 0 radical (unpaired) electrons. The zero-order valence-corrected chi connectivity index (χ0v) is 22.9. The van der Waals surface area contributed by atoms with Crippen molar-refractivity contribution in [3.8, 4) is 0 Å². The van der Waals surface area contributed by atoms with Gasteiger partial charge >= 0.3 is 6.09 Å². The van der Waals surface area contributed by atoms with Gasteiger partial charge in [0.2, 0.25) is 0 Å². The number of nitrogens with one attached hydrogen (secondary N) is 1. The van der Waals surface area contributed by atoms with Gasteiger partial charge in [-0.2, -0.15) is 0 Å². The first-order valence-corrected chi connectivity index (χ1v) is 13.0. The van der Waals surface area contributed by atoms with Crippen LogP contribution in [-0.2, 0) is 4.74 Å². The minimum atomic E-state index is -0.559. The monoisotopic (exact) mass is 568 g/mol. The van der Waals surface area contributed by atoms with Gasteiger partial charge in [0.25, 0.3) is 0 Å². The molecule has 4 aliphatic rings. The van der Waals surface area contributed by atoms with Gasteiger partial charge in [0.15, 0.2) is 11.6 Å². The molecule has 6 rings (SSSR count). The molecule has 4 fully saturated rings. The van der Waals surface area contributed by atoms with Gasteiger partial charge in [0, 0.05) is 37.0 Å². The number of carbonyl (C=O) groups excluding carboxylic acids is 1. The van der Waals surface area contributed by atoms with Crippen LogP contribution in [0.4, 0.5) is 26.4 Å². The van der Waals surface area contributed by atoms with Crippen LogP contribution >= 0.6 is 27.5 Å². The number of nitrogen functional groups attached to an aromatic ring is 1. The number of nitrogens with zero attached hydrogens (tertiary/aromatic N) is 4. The summed E-state index contributed by atoms with van der Waals surface area (Å²) in [5, 5.41) is 4.33. The minimum absolute atomic E-state index is 0.0142. The van der Waals surface area contributed by atoms with Crippen molar-refractivity contribution in [1.29, 1.82) is 0 Å². The van der Waals surface area contributed by atoms with E-state index in [-0.39, 0.29) is 39.1 Å². The largest absolute Gasteiger partial charge is 0.444 e. The van der Waals surface area contributed by atoms with Gasteiger partial charge in [-0.25, -0.2) is 14.2 Å². The Morgan fingerprint density at radius 1 is 1.34 bits per heavy atom. The number of nitrogens with two attached hydrogens (primary N) is 1. The Kier molecular flexibility index (Phi) is 6.00. The van der Waals surface area contributed by atoms with Gasteiger partial charge in [-0.05, 0) is 63.3 Å². The van der Waals surface area contributed by atoms with Gasteiger partial charge in [-0.15, -0.1) is 0 Å². The van der Waals surface area contributed by atoms with Crippen LogP contribution < -0.4 is 16.0 Å². The van der Waals surface area contributed by atoms with E-state index in [0.717, 1.165) is 19.5 Å². The summed E-state index contributed by atoms with van der Waals surface area (Å²) in [6, 6.07) is 2.04. The van der Waals surface area contributed by atoms with Crippen LogP contribution in [0.5, 0.6) is 0 Å². The van der Waals surface area contributed by atoms with Gasteiger partial charge in [0.1, 0.15) is 11.1 Å². The van der Waals surface area contributed by atoms with E-state index in [0.29, 0.717) is 35.2 Å². The topological polar surface area (TPSA) is 87.0 Å². The van der Waals surface area contributed by atoms with Crippen molar-refractivity contribution in [2.24, 2.45) is 5.92 Å². The number of hydrogen-bond acceptors (Lipinski definition) is 7. The highest BCUT2D eigenvalue weighted by atomic mass is 79.9.